The van der Waals surface area contributed by atoms with Crippen LogP contribution in [-0.2, 0) is 4.74 Å². The molecule has 108 valence electrons. The molecule has 18 heavy (non-hydrogen) atoms. The van der Waals surface area contributed by atoms with E-state index in [-0.39, 0.29) is 11.1 Å². The first kappa shape index (κ1) is 15.9. The van der Waals surface area contributed by atoms with Crippen molar-refractivity contribution >= 4 is 0 Å². The number of ether oxygens (including phenoxy) is 1. The standard InChI is InChI=1S/C15H32N2O/c1-5-17(12-11-14(2,3)18-4)15(13-16)9-7-6-8-10-15/h5-13,16H2,1-4H3. The van der Waals surface area contributed by atoms with Gasteiger partial charge in [0.25, 0.3) is 0 Å². The third-order valence-corrected chi connectivity index (χ3v) is 4.75. The highest BCUT2D eigenvalue weighted by Gasteiger charge is 2.36. The van der Waals surface area contributed by atoms with Gasteiger partial charge in [0, 0.05) is 25.7 Å². The first-order valence-electron chi connectivity index (χ1n) is 7.50. The minimum atomic E-state index is -0.0299. The average Bonchev–Trinajstić information content (AvgIpc) is 2.40. The lowest BCUT2D eigenvalue weighted by Gasteiger charge is -2.46. The summed E-state index contributed by atoms with van der Waals surface area (Å²) in [5.41, 5.74) is 6.34. The van der Waals surface area contributed by atoms with Gasteiger partial charge in [-0.1, -0.05) is 26.2 Å². The second-order valence-corrected chi connectivity index (χ2v) is 6.28. The van der Waals surface area contributed by atoms with E-state index in [9.17, 15) is 0 Å². The smallest absolute Gasteiger partial charge is 0.0634 e. The van der Waals surface area contributed by atoms with E-state index >= 15 is 0 Å². The molecule has 1 rings (SSSR count). The monoisotopic (exact) mass is 256 g/mol. The summed E-state index contributed by atoms with van der Waals surface area (Å²) >= 11 is 0. The quantitative estimate of drug-likeness (QED) is 0.761. The van der Waals surface area contributed by atoms with E-state index in [0.717, 1.165) is 26.1 Å². The van der Waals surface area contributed by atoms with Crippen LogP contribution in [0.4, 0.5) is 0 Å². The van der Waals surface area contributed by atoms with Gasteiger partial charge in [0.15, 0.2) is 0 Å². The van der Waals surface area contributed by atoms with E-state index in [1.807, 2.05) is 0 Å². The summed E-state index contributed by atoms with van der Waals surface area (Å²) in [5.74, 6) is 0. The Bertz CT molecular complexity index is 235. The first-order chi connectivity index (χ1) is 8.49. The highest BCUT2D eigenvalue weighted by atomic mass is 16.5. The van der Waals surface area contributed by atoms with Gasteiger partial charge in [0.1, 0.15) is 0 Å². The van der Waals surface area contributed by atoms with Crippen LogP contribution in [0.2, 0.25) is 0 Å². The maximum atomic E-state index is 6.11. The zero-order valence-corrected chi connectivity index (χ0v) is 12.8. The number of nitrogens with two attached hydrogens (primary N) is 1. The number of hydrogen-bond donors (Lipinski definition) is 1. The SMILES string of the molecule is CCN(CCC(C)(C)OC)C1(CN)CCCCC1. The van der Waals surface area contributed by atoms with Gasteiger partial charge in [-0.2, -0.15) is 0 Å². The molecule has 3 heteroatoms. The van der Waals surface area contributed by atoms with Crippen molar-refractivity contribution in [3.05, 3.63) is 0 Å². The van der Waals surface area contributed by atoms with E-state index in [1.165, 1.54) is 32.1 Å². The zero-order chi connectivity index (χ0) is 13.6. The zero-order valence-electron chi connectivity index (χ0n) is 12.8. The van der Waals surface area contributed by atoms with Crippen molar-refractivity contribution < 1.29 is 4.74 Å². The molecule has 0 amide bonds. The van der Waals surface area contributed by atoms with E-state index in [2.05, 4.69) is 25.7 Å². The molecule has 1 aliphatic carbocycles. The van der Waals surface area contributed by atoms with Crippen molar-refractivity contribution in [2.24, 2.45) is 5.73 Å². The molecule has 0 aromatic heterocycles. The third kappa shape index (κ3) is 3.94. The van der Waals surface area contributed by atoms with Gasteiger partial charge >= 0.3 is 0 Å². The molecule has 0 aromatic carbocycles. The van der Waals surface area contributed by atoms with Crippen molar-refractivity contribution in [1.82, 2.24) is 4.90 Å². The van der Waals surface area contributed by atoms with E-state index in [0.29, 0.717) is 0 Å². The fourth-order valence-electron chi connectivity index (χ4n) is 3.10. The van der Waals surface area contributed by atoms with Gasteiger partial charge in [0.05, 0.1) is 5.60 Å². The van der Waals surface area contributed by atoms with Crippen molar-refractivity contribution in [2.75, 3.05) is 26.7 Å². The Morgan fingerprint density at radius 1 is 1.22 bits per heavy atom. The van der Waals surface area contributed by atoms with Crippen LogP contribution in [0.3, 0.4) is 0 Å². The predicted molar refractivity (Wildman–Crippen MR) is 77.8 cm³/mol. The minimum absolute atomic E-state index is 0.0299. The molecule has 3 nitrogen and oxygen atoms in total. The van der Waals surface area contributed by atoms with Gasteiger partial charge in [-0.05, 0) is 39.7 Å². The van der Waals surface area contributed by atoms with Crippen LogP contribution < -0.4 is 5.73 Å². The Balaban J connectivity index is 2.62. The fraction of sp³-hybridized carbons (Fsp3) is 1.00. The van der Waals surface area contributed by atoms with Gasteiger partial charge < -0.3 is 10.5 Å². The molecule has 2 N–H and O–H groups in total. The molecule has 0 radical (unpaired) electrons. The molecule has 0 heterocycles. The fourth-order valence-corrected chi connectivity index (χ4v) is 3.10. The summed E-state index contributed by atoms with van der Waals surface area (Å²) < 4.78 is 5.53. The van der Waals surface area contributed by atoms with Crippen molar-refractivity contribution in [2.45, 2.75) is 70.4 Å². The maximum absolute atomic E-state index is 6.11. The number of nitrogens with zero attached hydrogens (tertiary/aromatic N) is 1. The van der Waals surface area contributed by atoms with E-state index in [1.54, 1.807) is 7.11 Å². The molecule has 1 fully saturated rings. The highest BCUT2D eigenvalue weighted by Crippen LogP contribution is 2.33. The van der Waals surface area contributed by atoms with Gasteiger partial charge in [-0.15, -0.1) is 0 Å². The van der Waals surface area contributed by atoms with Crippen LogP contribution in [0, 0.1) is 0 Å². The summed E-state index contributed by atoms with van der Waals surface area (Å²) in [5, 5.41) is 0. The van der Waals surface area contributed by atoms with Crippen LogP contribution in [0.5, 0.6) is 0 Å². The lowest BCUT2D eigenvalue weighted by Crippen LogP contribution is -2.55. The first-order valence-corrected chi connectivity index (χ1v) is 7.50. The van der Waals surface area contributed by atoms with Crippen LogP contribution in [0.1, 0.15) is 59.3 Å². The number of methoxy groups -OCH3 is 1. The molecule has 0 saturated heterocycles. The molecule has 0 atom stereocenters. The van der Waals surface area contributed by atoms with Crippen LogP contribution >= 0.6 is 0 Å². The third-order valence-electron chi connectivity index (χ3n) is 4.75. The highest BCUT2D eigenvalue weighted by molar-refractivity contribution is 4.94. The van der Waals surface area contributed by atoms with Crippen LogP contribution in [0.25, 0.3) is 0 Å². The largest absolute Gasteiger partial charge is 0.379 e. The Hall–Kier alpha value is -0.120. The Morgan fingerprint density at radius 2 is 1.83 bits per heavy atom. The second kappa shape index (κ2) is 6.88. The average molecular weight is 256 g/mol. The van der Waals surface area contributed by atoms with Crippen LogP contribution in [-0.4, -0.2) is 42.8 Å². The summed E-state index contributed by atoms with van der Waals surface area (Å²) in [4.78, 5) is 2.60. The normalized spacial score (nSPS) is 20.3. The topological polar surface area (TPSA) is 38.5 Å². The van der Waals surface area contributed by atoms with Crippen LogP contribution in [0.15, 0.2) is 0 Å². The summed E-state index contributed by atoms with van der Waals surface area (Å²) in [6.45, 7) is 9.57. The number of rotatable bonds is 7. The molecule has 0 spiro atoms. The Labute approximate surface area is 113 Å². The second-order valence-electron chi connectivity index (χ2n) is 6.28. The van der Waals surface area contributed by atoms with E-state index in [4.69, 9.17) is 10.5 Å². The molecule has 0 aliphatic heterocycles. The molecular weight excluding hydrogens is 224 g/mol. The van der Waals surface area contributed by atoms with E-state index < -0.39 is 0 Å². The molecule has 1 aliphatic rings. The molecule has 0 unspecified atom stereocenters. The van der Waals surface area contributed by atoms with Crippen molar-refractivity contribution in [3.8, 4) is 0 Å². The molecule has 0 bridgehead atoms. The predicted octanol–water partition coefficient (Wildman–Crippen LogP) is 2.79. The van der Waals surface area contributed by atoms with Gasteiger partial charge in [0.2, 0.25) is 0 Å². The molecule has 1 saturated carbocycles. The van der Waals surface area contributed by atoms with Gasteiger partial charge in [-0.25, -0.2) is 0 Å². The Morgan fingerprint density at radius 3 is 2.28 bits per heavy atom. The number of hydrogen-bond acceptors (Lipinski definition) is 3. The summed E-state index contributed by atoms with van der Waals surface area (Å²) in [6, 6.07) is 0. The summed E-state index contributed by atoms with van der Waals surface area (Å²) in [6.07, 6.45) is 7.65. The lowest BCUT2D eigenvalue weighted by atomic mass is 9.80. The number of likely N-dealkylation sites (N-methyl/N-ethyl adjacent to an activating group) is 1. The van der Waals surface area contributed by atoms with Crippen molar-refractivity contribution in [3.63, 3.8) is 0 Å². The Kier molecular flexibility index (Phi) is 6.09. The maximum Gasteiger partial charge on any atom is 0.0634 e. The lowest BCUT2D eigenvalue weighted by molar-refractivity contribution is -0.0111. The minimum Gasteiger partial charge on any atom is -0.379 e. The molecular formula is C15H32N2O. The molecule has 0 aromatic rings. The summed E-state index contributed by atoms with van der Waals surface area (Å²) in [7, 11) is 1.80. The van der Waals surface area contributed by atoms with Crippen molar-refractivity contribution in [1.29, 1.82) is 0 Å². The van der Waals surface area contributed by atoms with Gasteiger partial charge in [-0.3, -0.25) is 4.90 Å².